The van der Waals surface area contributed by atoms with Gasteiger partial charge in [-0.15, -0.1) is 0 Å². The van der Waals surface area contributed by atoms with Crippen molar-refractivity contribution in [2.45, 2.75) is 65.7 Å². The van der Waals surface area contributed by atoms with E-state index in [-0.39, 0.29) is 10.8 Å². The molecule has 0 atom stereocenters. The van der Waals surface area contributed by atoms with Crippen LogP contribution in [0.1, 0.15) is 65.9 Å². The lowest BCUT2D eigenvalue weighted by Gasteiger charge is -2.23. The fraction of sp³-hybridized carbons (Fsp3) is 0.632. The molecule has 0 saturated heterocycles. The molecule has 0 amide bonds. The molecule has 0 radical (unpaired) electrons. The van der Waals surface area contributed by atoms with Gasteiger partial charge in [0.1, 0.15) is 5.75 Å². The Morgan fingerprint density at radius 1 is 1.05 bits per heavy atom. The minimum atomic E-state index is -0.215. The van der Waals surface area contributed by atoms with Crippen LogP contribution in [0.2, 0.25) is 0 Å². The Morgan fingerprint density at radius 2 is 1.67 bits per heavy atom. The Bertz CT molecular complexity index is 465. The summed E-state index contributed by atoms with van der Waals surface area (Å²) in [4.78, 5) is 0. The van der Waals surface area contributed by atoms with Crippen molar-refractivity contribution in [1.29, 1.82) is 5.26 Å². The van der Waals surface area contributed by atoms with Crippen LogP contribution in [0.4, 0.5) is 0 Å². The highest BCUT2D eigenvalue weighted by atomic mass is 16.5. The normalized spacial score (nSPS) is 12.0. The van der Waals surface area contributed by atoms with Gasteiger partial charge in [-0.3, -0.25) is 0 Å². The molecule has 0 saturated carbocycles. The standard InChI is InChI=1S/C19H29NO/c1-6-19(4,5)16-9-11-17(12-10-16)21-14-8-7-13-18(2,3)15-20/h9-12H,6-8,13-14H2,1-5H3. The molecule has 0 aliphatic heterocycles. The first-order valence-electron chi connectivity index (χ1n) is 7.95. The van der Waals surface area contributed by atoms with Crippen LogP contribution in [0.3, 0.4) is 0 Å². The molecule has 1 rings (SSSR count). The van der Waals surface area contributed by atoms with E-state index in [9.17, 15) is 0 Å². The number of benzene rings is 1. The summed E-state index contributed by atoms with van der Waals surface area (Å²) in [5.41, 5.74) is 1.36. The molecule has 2 heteroatoms. The molecule has 2 nitrogen and oxygen atoms in total. The first kappa shape index (κ1) is 17.6. The summed E-state index contributed by atoms with van der Waals surface area (Å²) in [5, 5.41) is 8.96. The molecular weight excluding hydrogens is 258 g/mol. The second kappa shape index (κ2) is 7.50. The Balaban J connectivity index is 2.36. The Kier molecular flexibility index (Phi) is 6.27. The molecule has 0 aromatic heterocycles. The average Bonchev–Trinajstić information content (AvgIpc) is 2.47. The van der Waals surface area contributed by atoms with E-state index >= 15 is 0 Å². The van der Waals surface area contributed by atoms with Crippen molar-refractivity contribution in [1.82, 2.24) is 0 Å². The molecule has 1 aromatic rings. The van der Waals surface area contributed by atoms with Crippen molar-refractivity contribution in [2.75, 3.05) is 6.61 Å². The molecule has 1 aromatic carbocycles. The minimum absolute atomic E-state index is 0.215. The molecule has 0 spiro atoms. The summed E-state index contributed by atoms with van der Waals surface area (Å²) in [6.45, 7) is 11.4. The number of hydrogen-bond acceptors (Lipinski definition) is 2. The first-order valence-corrected chi connectivity index (χ1v) is 7.95. The highest BCUT2D eigenvalue weighted by molar-refractivity contribution is 5.31. The predicted molar refractivity (Wildman–Crippen MR) is 88.5 cm³/mol. The molecule has 0 unspecified atom stereocenters. The summed E-state index contributed by atoms with van der Waals surface area (Å²) in [6.07, 6.45) is 4.08. The van der Waals surface area contributed by atoms with Crippen molar-refractivity contribution in [3.05, 3.63) is 29.8 Å². The second-order valence-corrected chi connectivity index (χ2v) is 7.06. The molecule has 0 N–H and O–H groups in total. The third-order valence-corrected chi connectivity index (χ3v) is 4.29. The van der Waals surface area contributed by atoms with Crippen LogP contribution < -0.4 is 4.74 Å². The number of rotatable bonds is 8. The molecule has 0 bridgehead atoms. The van der Waals surface area contributed by atoms with Gasteiger partial charge in [-0.25, -0.2) is 0 Å². The summed E-state index contributed by atoms with van der Waals surface area (Å²) < 4.78 is 5.77. The highest BCUT2D eigenvalue weighted by Crippen LogP contribution is 2.28. The number of hydrogen-bond donors (Lipinski definition) is 0. The number of unbranched alkanes of at least 4 members (excludes halogenated alkanes) is 1. The lowest BCUT2D eigenvalue weighted by atomic mass is 9.82. The average molecular weight is 287 g/mol. The Labute approximate surface area is 130 Å². The SMILES string of the molecule is CCC(C)(C)c1ccc(OCCCCC(C)(C)C#N)cc1. The van der Waals surface area contributed by atoms with Crippen LogP contribution in [0.15, 0.2) is 24.3 Å². The topological polar surface area (TPSA) is 33.0 Å². The maximum atomic E-state index is 8.96. The molecule has 21 heavy (non-hydrogen) atoms. The van der Waals surface area contributed by atoms with Gasteiger partial charge < -0.3 is 4.74 Å². The van der Waals surface area contributed by atoms with Crippen molar-refractivity contribution in [3.8, 4) is 11.8 Å². The van der Waals surface area contributed by atoms with Crippen LogP contribution in [0, 0.1) is 16.7 Å². The van der Waals surface area contributed by atoms with Gasteiger partial charge in [0.2, 0.25) is 0 Å². The summed E-state index contributed by atoms with van der Waals surface area (Å²) in [7, 11) is 0. The lowest BCUT2D eigenvalue weighted by Crippen LogP contribution is -2.15. The highest BCUT2D eigenvalue weighted by Gasteiger charge is 2.17. The summed E-state index contributed by atoms with van der Waals surface area (Å²) in [6, 6.07) is 10.8. The van der Waals surface area contributed by atoms with E-state index in [1.807, 2.05) is 13.8 Å². The maximum absolute atomic E-state index is 8.96. The molecule has 0 heterocycles. The fourth-order valence-corrected chi connectivity index (χ4v) is 2.12. The van der Waals surface area contributed by atoms with Gasteiger partial charge in [0.05, 0.1) is 18.1 Å². The van der Waals surface area contributed by atoms with Crippen LogP contribution in [-0.4, -0.2) is 6.61 Å². The van der Waals surface area contributed by atoms with Gasteiger partial charge >= 0.3 is 0 Å². The molecule has 0 aliphatic carbocycles. The number of nitrogens with zero attached hydrogens (tertiary/aromatic N) is 1. The monoisotopic (exact) mass is 287 g/mol. The van der Waals surface area contributed by atoms with E-state index in [2.05, 4.69) is 51.1 Å². The lowest BCUT2D eigenvalue weighted by molar-refractivity contribution is 0.294. The smallest absolute Gasteiger partial charge is 0.119 e. The maximum Gasteiger partial charge on any atom is 0.119 e. The van der Waals surface area contributed by atoms with Gasteiger partial charge in [0.15, 0.2) is 0 Å². The third-order valence-electron chi connectivity index (χ3n) is 4.29. The van der Waals surface area contributed by atoms with Gasteiger partial charge in [-0.05, 0) is 62.6 Å². The molecule has 0 aliphatic rings. The fourth-order valence-electron chi connectivity index (χ4n) is 2.12. The third kappa shape index (κ3) is 5.79. The van der Waals surface area contributed by atoms with Gasteiger partial charge in [0.25, 0.3) is 0 Å². The van der Waals surface area contributed by atoms with Crippen LogP contribution in [0.5, 0.6) is 5.75 Å². The van der Waals surface area contributed by atoms with E-state index in [4.69, 9.17) is 10.00 Å². The molecule has 116 valence electrons. The van der Waals surface area contributed by atoms with Crippen LogP contribution in [-0.2, 0) is 5.41 Å². The number of ether oxygens (including phenoxy) is 1. The van der Waals surface area contributed by atoms with Crippen LogP contribution >= 0.6 is 0 Å². The van der Waals surface area contributed by atoms with Gasteiger partial charge in [0, 0.05) is 0 Å². The Hall–Kier alpha value is -1.49. The van der Waals surface area contributed by atoms with E-state index < -0.39 is 0 Å². The largest absolute Gasteiger partial charge is 0.494 e. The van der Waals surface area contributed by atoms with Crippen LogP contribution in [0.25, 0.3) is 0 Å². The zero-order valence-electron chi connectivity index (χ0n) is 14.2. The van der Waals surface area contributed by atoms with Crippen molar-refractivity contribution >= 4 is 0 Å². The van der Waals surface area contributed by atoms with E-state index in [0.29, 0.717) is 0 Å². The van der Waals surface area contributed by atoms with E-state index in [1.165, 1.54) is 5.56 Å². The van der Waals surface area contributed by atoms with E-state index in [1.54, 1.807) is 0 Å². The van der Waals surface area contributed by atoms with E-state index in [0.717, 1.165) is 38.0 Å². The second-order valence-electron chi connectivity index (χ2n) is 7.06. The van der Waals surface area contributed by atoms with Gasteiger partial charge in [-0.2, -0.15) is 5.26 Å². The zero-order chi connectivity index (χ0) is 15.9. The van der Waals surface area contributed by atoms with Crippen molar-refractivity contribution in [2.24, 2.45) is 5.41 Å². The first-order chi connectivity index (χ1) is 9.80. The zero-order valence-corrected chi connectivity index (χ0v) is 14.2. The quantitative estimate of drug-likeness (QED) is 0.594. The summed E-state index contributed by atoms with van der Waals surface area (Å²) in [5.74, 6) is 0.935. The van der Waals surface area contributed by atoms with Gasteiger partial charge in [-0.1, -0.05) is 32.9 Å². The Morgan fingerprint density at radius 3 is 2.19 bits per heavy atom. The minimum Gasteiger partial charge on any atom is -0.494 e. The molecular formula is C19H29NO. The predicted octanol–water partition coefficient (Wildman–Crippen LogP) is 5.47. The number of nitriles is 1. The molecule has 0 fully saturated rings. The summed E-state index contributed by atoms with van der Waals surface area (Å²) >= 11 is 0. The van der Waals surface area contributed by atoms with Crippen molar-refractivity contribution in [3.63, 3.8) is 0 Å². The van der Waals surface area contributed by atoms with Crippen molar-refractivity contribution < 1.29 is 4.74 Å².